The Morgan fingerprint density at radius 2 is 2.07 bits per heavy atom. The van der Waals surface area contributed by atoms with Crippen molar-refractivity contribution in [1.82, 2.24) is 9.88 Å². The maximum absolute atomic E-state index is 13.4. The molecule has 5 nitrogen and oxygen atoms in total. The molecule has 0 saturated carbocycles. The van der Waals surface area contributed by atoms with E-state index in [1.165, 1.54) is 11.3 Å². The minimum Gasteiger partial charge on any atom is -0.486 e. The Hall–Kier alpha value is -2.38. The van der Waals surface area contributed by atoms with Crippen LogP contribution in [0.5, 0.6) is 11.5 Å². The number of rotatable bonds is 3. The predicted octanol–water partition coefficient (Wildman–Crippen LogP) is 4.93. The number of benzene rings is 1. The highest BCUT2D eigenvalue weighted by atomic mass is 32.1. The number of amides is 1. The van der Waals surface area contributed by atoms with Gasteiger partial charge in [0.1, 0.15) is 23.1 Å². The van der Waals surface area contributed by atoms with Crippen molar-refractivity contribution in [3.05, 3.63) is 51.8 Å². The lowest BCUT2D eigenvalue weighted by Gasteiger charge is -2.26. The van der Waals surface area contributed by atoms with Crippen molar-refractivity contribution >= 4 is 28.6 Å². The van der Waals surface area contributed by atoms with Gasteiger partial charge in [-0.15, -0.1) is 22.7 Å². The lowest BCUT2D eigenvalue weighted by molar-refractivity contribution is 0.0739. The van der Waals surface area contributed by atoms with E-state index >= 15 is 0 Å². The van der Waals surface area contributed by atoms with Gasteiger partial charge in [0, 0.05) is 6.54 Å². The van der Waals surface area contributed by atoms with Gasteiger partial charge in [0.15, 0.2) is 11.5 Å². The molecular formula is C21H20N2O3S2. The van der Waals surface area contributed by atoms with Gasteiger partial charge in [-0.1, -0.05) is 12.1 Å². The van der Waals surface area contributed by atoms with E-state index in [-0.39, 0.29) is 11.9 Å². The summed E-state index contributed by atoms with van der Waals surface area (Å²) in [6.07, 6.45) is 1.96. The molecule has 4 heterocycles. The number of ether oxygens (including phenoxy) is 2. The van der Waals surface area contributed by atoms with Gasteiger partial charge in [-0.2, -0.15) is 0 Å². The van der Waals surface area contributed by atoms with Gasteiger partial charge in [-0.3, -0.25) is 4.79 Å². The second kappa shape index (κ2) is 7.22. The maximum Gasteiger partial charge on any atom is 0.266 e. The van der Waals surface area contributed by atoms with Crippen LogP contribution in [0.25, 0.3) is 9.88 Å². The van der Waals surface area contributed by atoms with Gasteiger partial charge in [0.2, 0.25) is 0 Å². The van der Waals surface area contributed by atoms with Crippen LogP contribution < -0.4 is 9.47 Å². The molecule has 7 heteroatoms. The van der Waals surface area contributed by atoms with E-state index in [1.54, 1.807) is 11.3 Å². The van der Waals surface area contributed by atoms with Crippen LogP contribution in [0.15, 0.2) is 35.7 Å². The van der Waals surface area contributed by atoms with Crippen LogP contribution in [-0.4, -0.2) is 35.5 Å². The van der Waals surface area contributed by atoms with Crippen LogP contribution in [0.1, 0.15) is 39.8 Å². The number of likely N-dealkylation sites (tertiary alicyclic amines) is 1. The molecular weight excluding hydrogens is 392 g/mol. The van der Waals surface area contributed by atoms with Gasteiger partial charge in [0.25, 0.3) is 5.91 Å². The normalized spacial score (nSPS) is 18.5. The zero-order chi connectivity index (χ0) is 19.1. The number of hydrogen-bond donors (Lipinski definition) is 0. The molecule has 2 aliphatic heterocycles. The summed E-state index contributed by atoms with van der Waals surface area (Å²) < 4.78 is 11.4. The van der Waals surface area contributed by atoms with Gasteiger partial charge in [-0.05, 0) is 48.9 Å². The molecule has 1 aromatic carbocycles. The molecule has 2 aliphatic rings. The number of nitrogens with zero attached hydrogens (tertiary/aromatic N) is 2. The zero-order valence-electron chi connectivity index (χ0n) is 15.5. The summed E-state index contributed by atoms with van der Waals surface area (Å²) >= 11 is 3.15. The molecule has 1 atom stereocenters. The summed E-state index contributed by atoms with van der Waals surface area (Å²) in [4.78, 5) is 21.9. The van der Waals surface area contributed by atoms with Crippen LogP contribution in [0, 0.1) is 6.92 Å². The average Bonchev–Trinajstić information content (AvgIpc) is 3.47. The van der Waals surface area contributed by atoms with Crippen LogP contribution in [0.4, 0.5) is 0 Å². The molecule has 1 amide bonds. The number of hydrogen-bond acceptors (Lipinski definition) is 6. The molecule has 5 rings (SSSR count). The monoisotopic (exact) mass is 412 g/mol. The van der Waals surface area contributed by atoms with E-state index in [1.807, 2.05) is 41.5 Å². The first kappa shape index (κ1) is 17.7. The van der Waals surface area contributed by atoms with Crippen molar-refractivity contribution in [3.63, 3.8) is 0 Å². The Labute approximate surface area is 171 Å². The first-order valence-corrected chi connectivity index (χ1v) is 11.1. The molecule has 0 aliphatic carbocycles. The van der Waals surface area contributed by atoms with Crippen molar-refractivity contribution in [3.8, 4) is 21.4 Å². The molecule has 1 saturated heterocycles. The van der Waals surface area contributed by atoms with E-state index in [0.29, 0.717) is 13.2 Å². The molecule has 144 valence electrons. The average molecular weight is 413 g/mol. The highest BCUT2D eigenvalue weighted by Gasteiger charge is 2.33. The summed E-state index contributed by atoms with van der Waals surface area (Å²) in [6.45, 7) is 3.84. The number of carbonyl (C=O) groups is 1. The largest absolute Gasteiger partial charge is 0.486 e. The summed E-state index contributed by atoms with van der Waals surface area (Å²) in [5.41, 5.74) is 1.92. The van der Waals surface area contributed by atoms with Crippen molar-refractivity contribution < 1.29 is 14.3 Å². The van der Waals surface area contributed by atoms with Crippen molar-refractivity contribution in [1.29, 1.82) is 0 Å². The number of thiazole rings is 1. The third-order valence-electron chi connectivity index (χ3n) is 5.19. The molecule has 1 fully saturated rings. The lowest BCUT2D eigenvalue weighted by atomic mass is 10.0. The fourth-order valence-electron chi connectivity index (χ4n) is 3.85. The number of fused-ring (bicyclic) bond motifs is 1. The van der Waals surface area contributed by atoms with Crippen molar-refractivity contribution in [2.24, 2.45) is 0 Å². The molecule has 2 aromatic heterocycles. The molecule has 0 spiro atoms. The Balaban J connectivity index is 1.43. The number of thiophene rings is 1. The smallest absolute Gasteiger partial charge is 0.266 e. The van der Waals surface area contributed by atoms with Crippen LogP contribution in [0.3, 0.4) is 0 Å². The molecule has 0 unspecified atom stereocenters. The van der Waals surface area contributed by atoms with E-state index in [0.717, 1.165) is 56.9 Å². The van der Waals surface area contributed by atoms with Gasteiger partial charge >= 0.3 is 0 Å². The topological polar surface area (TPSA) is 51.7 Å². The maximum atomic E-state index is 13.4. The predicted molar refractivity (Wildman–Crippen MR) is 111 cm³/mol. The van der Waals surface area contributed by atoms with Crippen LogP contribution in [-0.2, 0) is 0 Å². The molecule has 3 aromatic rings. The van der Waals surface area contributed by atoms with E-state index in [9.17, 15) is 4.79 Å². The molecule has 28 heavy (non-hydrogen) atoms. The van der Waals surface area contributed by atoms with Crippen LogP contribution in [0.2, 0.25) is 0 Å². The van der Waals surface area contributed by atoms with E-state index in [4.69, 9.17) is 9.47 Å². The minimum atomic E-state index is 0.0648. The number of aromatic nitrogens is 1. The van der Waals surface area contributed by atoms with E-state index < -0.39 is 0 Å². The second-order valence-electron chi connectivity index (χ2n) is 6.97. The fourth-order valence-corrected chi connectivity index (χ4v) is 5.67. The van der Waals surface area contributed by atoms with Gasteiger partial charge in [-0.25, -0.2) is 4.98 Å². The third-order valence-corrected chi connectivity index (χ3v) is 7.37. The fraction of sp³-hybridized carbons (Fsp3) is 0.333. The highest BCUT2D eigenvalue weighted by Crippen LogP contribution is 2.40. The Kier molecular flexibility index (Phi) is 4.56. The Morgan fingerprint density at radius 1 is 1.21 bits per heavy atom. The molecule has 0 N–H and O–H groups in total. The van der Waals surface area contributed by atoms with Crippen molar-refractivity contribution in [2.75, 3.05) is 19.8 Å². The number of aryl methyl sites for hydroxylation is 1. The van der Waals surface area contributed by atoms with Gasteiger partial charge < -0.3 is 14.4 Å². The third kappa shape index (κ3) is 3.08. The SMILES string of the molecule is Cc1nc(-c2cccs2)sc1C(=O)N1CCC[C@H]1c1ccc2c(c1)OCCO2. The summed E-state index contributed by atoms with van der Waals surface area (Å²) in [6, 6.07) is 10.2. The summed E-state index contributed by atoms with van der Waals surface area (Å²) in [5.74, 6) is 1.64. The highest BCUT2D eigenvalue weighted by molar-refractivity contribution is 7.22. The molecule has 0 bridgehead atoms. The van der Waals surface area contributed by atoms with Gasteiger partial charge in [0.05, 0.1) is 16.6 Å². The van der Waals surface area contributed by atoms with Crippen LogP contribution >= 0.6 is 22.7 Å². The van der Waals surface area contributed by atoms with Crippen molar-refractivity contribution in [2.45, 2.75) is 25.8 Å². The van der Waals surface area contributed by atoms with E-state index in [2.05, 4.69) is 11.1 Å². The lowest BCUT2D eigenvalue weighted by Crippen LogP contribution is -2.30. The first-order valence-electron chi connectivity index (χ1n) is 9.42. The summed E-state index contributed by atoms with van der Waals surface area (Å²) in [7, 11) is 0. The Bertz CT molecular complexity index is 1010. The second-order valence-corrected chi connectivity index (χ2v) is 8.92. The minimum absolute atomic E-state index is 0.0648. The first-order chi connectivity index (χ1) is 13.7. The zero-order valence-corrected chi connectivity index (χ0v) is 17.1. The Morgan fingerprint density at radius 3 is 2.89 bits per heavy atom. The summed E-state index contributed by atoms with van der Waals surface area (Å²) in [5, 5.41) is 2.96. The molecule has 0 radical (unpaired) electrons. The number of carbonyl (C=O) groups excluding carboxylic acids is 1. The quantitative estimate of drug-likeness (QED) is 0.612. The standard InChI is InChI=1S/C21H20N2O3S2/c1-13-19(28-20(22-13)18-5-3-11-27-18)21(24)23-8-2-4-15(23)14-6-7-16-17(12-14)26-10-9-25-16/h3,5-7,11-12,15H,2,4,8-10H2,1H3/t15-/m0/s1.